The highest BCUT2D eigenvalue weighted by atomic mass is 15.0. The van der Waals surface area contributed by atoms with Crippen LogP contribution >= 0.6 is 0 Å². The van der Waals surface area contributed by atoms with E-state index < -0.39 is 0 Å². The minimum atomic E-state index is -0.357. The predicted molar refractivity (Wildman–Crippen MR) is 101 cm³/mol. The van der Waals surface area contributed by atoms with Gasteiger partial charge in [0, 0.05) is 23.3 Å². The lowest BCUT2D eigenvalue weighted by Crippen LogP contribution is -2.28. The molecule has 0 amide bonds. The third-order valence-electron chi connectivity index (χ3n) is 4.01. The van der Waals surface area contributed by atoms with Crippen LogP contribution < -0.4 is 16.4 Å². The van der Waals surface area contributed by atoms with Crippen molar-refractivity contribution in [2.45, 2.75) is 26.3 Å². The van der Waals surface area contributed by atoms with Crippen molar-refractivity contribution >= 4 is 23.5 Å². The van der Waals surface area contributed by atoms with Crippen molar-refractivity contribution in [3.05, 3.63) is 48.0 Å². The molecule has 0 radical (unpaired) electrons. The van der Waals surface area contributed by atoms with Crippen LogP contribution in [0.15, 0.2) is 41.9 Å². The lowest BCUT2D eigenvalue weighted by molar-refractivity contribution is 0.554. The van der Waals surface area contributed by atoms with Crippen LogP contribution in [0.4, 0.5) is 11.5 Å². The Morgan fingerprint density at radius 3 is 2.58 bits per heavy atom. The molecule has 0 atom stereocenters. The molecule has 24 heavy (non-hydrogen) atoms. The molecule has 2 heterocycles. The lowest BCUT2D eigenvalue weighted by atomic mass is 9.94. The Morgan fingerprint density at radius 2 is 1.96 bits per heavy atom. The van der Waals surface area contributed by atoms with Gasteiger partial charge in [0.05, 0.1) is 23.3 Å². The van der Waals surface area contributed by atoms with Crippen LogP contribution in [0.3, 0.4) is 0 Å². The topological polar surface area (TPSA) is 75.3 Å². The van der Waals surface area contributed by atoms with Crippen molar-refractivity contribution < 1.29 is 0 Å². The van der Waals surface area contributed by atoms with E-state index in [1.54, 1.807) is 6.34 Å². The summed E-state index contributed by atoms with van der Waals surface area (Å²) in [7, 11) is 0. The molecule has 3 rings (SSSR count). The van der Waals surface area contributed by atoms with Gasteiger partial charge in [-0.25, -0.2) is 9.98 Å². The number of hydrogen-bond acceptors (Lipinski definition) is 5. The zero-order valence-electron chi connectivity index (χ0n) is 14.4. The molecule has 0 unspecified atom stereocenters. The fourth-order valence-corrected chi connectivity index (χ4v) is 2.70. The third kappa shape index (κ3) is 3.03. The van der Waals surface area contributed by atoms with Crippen LogP contribution in [0.2, 0.25) is 0 Å². The Kier molecular flexibility index (Phi) is 4.11. The highest BCUT2D eigenvalue weighted by molar-refractivity contribution is 5.92. The Balaban J connectivity index is 2.07. The zero-order valence-corrected chi connectivity index (χ0v) is 14.4. The quantitative estimate of drug-likeness (QED) is 0.804. The monoisotopic (exact) mass is 321 g/mol. The van der Waals surface area contributed by atoms with E-state index in [-0.39, 0.29) is 5.54 Å². The van der Waals surface area contributed by atoms with Crippen LogP contribution in [-0.4, -0.2) is 17.9 Å². The normalized spacial score (nSPS) is 13.4. The standard InChI is InChI=1S/C19H23N5/c1-5-21-18-17-12(2)22-11-23-16(17)10-15(24-18)13-6-8-14(9-7-13)19(3,4)20/h6-11H,2,5,20H2,1,3-4H3,(H,21,24)(H,22,23). The number of pyridine rings is 1. The van der Waals surface area contributed by atoms with Crippen LogP contribution in [0.25, 0.3) is 17.0 Å². The second-order valence-corrected chi connectivity index (χ2v) is 6.46. The number of hydrogen-bond donors (Lipinski definition) is 3. The molecule has 4 N–H and O–H groups in total. The average molecular weight is 321 g/mol. The first kappa shape index (κ1) is 16.2. The first-order valence-electron chi connectivity index (χ1n) is 8.07. The molecule has 0 saturated heterocycles. The molecule has 5 heteroatoms. The summed E-state index contributed by atoms with van der Waals surface area (Å²) < 4.78 is 0. The minimum Gasteiger partial charge on any atom is -0.370 e. The number of rotatable bonds is 4. The molecule has 124 valence electrons. The van der Waals surface area contributed by atoms with Crippen molar-refractivity contribution in [3.63, 3.8) is 0 Å². The fraction of sp³-hybridized carbons (Fsp3) is 0.263. The Hall–Kier alpha value is -2.66. The van der Waals surface area contributed by atoms with Crippen molar-refractivity contribution in [1.82, 2.24) is 10.3 Å². The summed E-state index contributed by atoms with van der Waals surface area (Å²) >= 11 is 0. The third-order valence-corrected chi connectivity index (χ3v) is 4.01. The van der Waals surface area contributed by atoms with Gasteiger partial charge in [0.2, 0.25) is 0 Å². The summed E-state index contributed by atoms with van der Waals surface area (Å²) in [6.45, 7) is 10.9. The van der Waals surface area contributed by atoms with Crippen LogP contribution in [-0.2, 0) is 5.54 Å². The predicted octanol–water partition coefficient (Wildman–Crippen LogP) is 3.61. The summed E-state index contributed by atoms with van der Waals surface area (Å²) in [6.07, 6.45) is 1.66. The van der Waals surface area contributed by atoms with Gasteiger partial charge in [-0.1, -0.05) is 30.8 Å². The van der Waals surface area contributed by atoms with Gasteiger partial charge < -0.3 is 16.4 Å². The number of nitrogens with zero attached hydrogens (tertiary/aromatic N) is 2. The molecule has 1 aromatic carbocycles. The molecular formula is C19H23N5. The van der Waals surface area contributed by atoms with E-state index in [2.05, 4.69) is 22.2 Å². The van der Waals surface area contributed by atoms with E-state index in [4.69, 9.17) is 10.7 Å². The van der Waals surface area contributed by atoms with Gasteiger partial charge in [-0.05, 0) is 32.4 Å². The van der Waals surface area contributed by atoms with Gasteiger partial charge in [-0.2, -0.15) is 0 Å². The van der Waals surface area contributed by atoms with E-state index >= 15 is 0 Å². The molecule has 2 aromatic rings. The van der Waals surface area contributed by atoms with Crippen molar-refractivity contribution in [2.75, 3.05) is 11.9 Å². The maximum absolute atomic E-state index is 6.15. The molecular weight excluding hydrogens is 298 g/mol. The molecule has 1 aromatic heterocycles. The second-order valence-electron chi connectivity index (χ2n) is 6.46. The summed E-state index contributed by atoms with van der Waals surface area (Å²) in [6, 6.07) is 10.2. The fourth-order valence-electron chi connectivity index (χ4n) is 2.70. The molecule has 0 saturated carbocycles. The second kappa shape index (κ2) is 6.09. The van der Waals surface area contributed by atoms with Gasteiger partial charge in [-0.3, -0.25) is 0 Å². The van der Waals surface area contributed by atoms with E-state index in [0.29, 0.717) is 0 Å². The van der Waals surface area contributed by atoms with Gasteiger partial charge in [0.1, 0.15) is 5.82 Å². The van der Waals surface area contributed by atoms with Gasteiger partial charge in [0.25, 0.3) is 0 Å². The Morgan fingerprint density at radius 1 is 1.25 bits per heavy atom. The number of nitrogens with two attached hydrogens (primary N) is 1. The van der Waals surface area contributed by atoms with Gasteiger partial charge in [-0.15, -0.1) is 0 Å². The van der Waals surface area contributed by atoms with Crippen molar-refractivity contribution in [1.29, 1.82) is 0 Å². The zero-order chi connectivity index (χ0) is 17.3. The molecule has 0 aliphatic carbocycles. The Bertz CT molecular complexity index is 798. The smallest absolute Gasteiger partial charge is 0.138 e. The summed E-state index contributed by atoms with van der Waals surface area (Å²) in [4.78, 5) is 9.20. The maximum Gasteiger partial charge on any atom is 0.138 e. The maximum atomic E-state index is 6.15. The van der Waals surface area contributed by atoms with Crippen molar-refractivity contribution in [2.24, 2.45) is 10.7 Å². The average Bonchev–Trinajstić information content (AvgIpc) is 2.54. The minimum absolute atomic E-state index is 0.357. The largest absolute Gasteiger partial charge is 0.370 e. The molecule has 1 aliphatic heterocycles. The van der Waals surface area contributed by atoms with E-state index in [9.17, 15) is 0 Å². The molecule has 0 bridgehead atoms. The van der Waals surface area contributed by atoms with Crippen LogP contribution in [0.1, 0.15) is 31.9 Å². The lowest BCUT2D eigenvalue weighted by Gasteiger charge is -2.20. The number of anilines is 1. The number of benzene rings is 1. The summed E-state index contributed by atoms with van der Waals surface area (Å²) in [5.41, 5.74) is 11.4. The van der Waals surface area contributed by atoms with Gasteiger partial charge >= 0.3 is 0 Å². The first-order chi connectivity index (χ1) is 11.4. The van der Waals surface area contributed by atoms with E-state index in [1.807, 2.05) is 51.1 Å². The van der Waals surface area contributed by atoms with E-state index in [1.165, 1.54) is 0 Å². The molecule has 0 fully saturated rings. The van der Waals surface area contributed by atoms with Crippen LogP contribution in [0, 0.1) is 0 Å². The first-order valence-corrected chi connectivity index (χ1v) is 8.07. The number of fused-ring (bicyclic) bond motifs is 1. The Labute approximate surface area is 142 Å². The van der Waals surface area contributed by atoms with E-state index in [0.717, 1.165) is 46.1 Å². The number of aliphatic imine (C=N–C) groups is 1. The molecule has 5 nitrogen and oxygen atoms in total. The molecule has 0 spiro atoms. The summed E-state index contributed by atoms with van der Waals surface area (Å²) in [5.74, 6) is 0.794. The van der Waals surface area contributed by atoms with Crippen LogP contribution in [0.5, 0.6) is 0 Å². The van der Waals surface area contributed by atoms with Gasteiger partial charge in [0.15, 0.2) is 0 Å². The molecule has 1 aliphatic rings. The number of nitrogens with one attached hydrogen (secondary N) is 2. The SMILES string of the molecule is C=C1NC=Nc2cc(-c3ccc(C(C)(C)N)cc3)nc(NCC)c21. The van der Waals surface area contributed by atoms with Crippen molar-refractivity contribution in [3.8, 4) is 11.3 Å². The highest BCUT2D eigenvalue weighted by Gasteiger charge is 2.18. The number of aromatic nitrogens is 1. The summed E-state index contributed by atoms with van der Waals surface area (Å²) in [5, 5.41) is 6.35. The highest BCUT2D eigenvalue weighted by Crippen LogP contribution is 2.36.